The molecule has 90 valence electrons. The summed E-state index contributed by atoms with van der Waals surface area (Å²) in [5, 5.41) is 3.34. The lowest BCUT2D eigenvalue weighted by Gasteiger charge is -2.05. The first-order valence-electron chi connectivity index (χ1n) is 5.62. The third-order valence-electron chi connectivity index (χ3n) is 2.55. The lowest BCUT2D eigenvalue weighted by Crippen LogP contribution is -2.19. The van der Waals surface area contributed by atoms with Crippen LogP contribution in [0.1, 0.15) is 18.4 Å². The molecule has 0 spiro atoms. The molecule has 1 aromatic heterocycles. The standard InChI is InChI=1S/C12H18N2O.ClH/c1-2-12(1)10-15-8-7-14-9-11-3-5-13-6-4-11;/h3-6,12,14H,1-2,7-10H2;1H. The molecule has 0 aliphatic heterocycles. The van der Waals surface area contributed by atoms with Gasteiger partial charge in [-0.1, -0.05) is 0 Å². The summed E-state index contributed by atoms with van der Waals surface area (Å²) in [4.78, 5) is 3.98. The molecule has 1 aromatic rings. The van der Waals surface area contributed by atoms with Crippen molar-refractivity contribution in [1.29, 1.82) is 0 Å². The second-order valence-corrected chi connectivity index (χ2v) is 4.05. The molecule has 1 saturated carbocycles. The minimum absolute atomic E-state index is 0. The fraction of sp³-hybridized carbons (Fsp3) is 0.583. The molecule has 0 atom stereocenters. The third-order valence-corrected chi connectivity index (χ3v) is 2.55. The Balaban J connectivity index is 0.00000128. The van der Waals surface area contributed by atoms with Gasteiger partial charge in [0.1, 0.15) is 0 Å². The molecule has 2 rings (SSSR count). The Kier molecular flexibility index (Phi) is 6.38. The molecular formula is C12H19ClN2O. The first kappa shape index (κ1) is 13.4. The zero-order chi connectivity index (χ0) is 10.3. The van der Waals surface area contributed by atoms with E-state index in [-0.39, 0.29) is 12.4 Å². The highest BCUT2D eigenvalue weighted by Gasteiger charge is 2.20. The average molecular weight is 243 g/mol. The van der Waals surface area contributed by atoms with Crippen molar-refractivity contribution in [2.75, 3.05) is 19.8 Å². The maximum Gasteiger partial charge on any atom is 0.0591 e. The van der Waals surface area contributed by atoms with Crippen LogP contribution in [0.15, 0.2) is 24.5 Å². The van der Waals surface area contributed by atoms with Crippen molar-refractivity contribution in [3.8, 4) is 0 Å². The van der Waals surface area contributed by atoms with E-state index in [2.05, 4.69) is 10.3 Å². The monoisotopic (exact) mass is 242 g/mol. The van der Waals surface area contributed by atoms with Crippen LogP contribution in [-0.2, 0) is 11.3 Å². The summed E-state index contributed by atoms with van der Waals surface area (Å²) in [6.07, 6.45) is 6.37. The molecule has 0 amide bonds. The lowest BCUT2D eigenvalue weighted by molar-refractivity contribution is 0.126. The molecule has 0 radical (unpaired) electrons. The van der Waals surface area contributed by atoms with Gasteiger partial charge in [-0.05, 0) is 36.5 Å². The van der Waals surface area contributed by atoms with Gasteiger partial charge < -0.3 is 10.1 Å². The van der Waals surface area contributed by atoms with Crippen LogP contribution < -0.4 is 5.32 Å². The normalized spacial score (nSPS) is 14.5. The summed E-state index contributed by atoms with van der Waals surface area (Å²) in [6.45, 7) is 3.60. The van der Waals surface area contributed by atoms with Crippen LogP contribution in [0.5, 0.6) is 0 Å². The number of halogens is 1. The maximum absolute atomic E-state index is 5.52. The maximum atomic E-state index is 5.52. The predicted molar refractivity (Wildman–Crippen MR) is 66.7 cm³/mol. The van der Waals surface area contributed by atoms with E-state index in [1.165, 1.54) is 18.4 Å². The van der Waals surface area contributed by atoms with E-state index in [9.17, 15) is 0 Å². The molecule has 0 bridgehead atoms. The molecule has 1 aliphatic rings. The predicted octanol–water partition coefficient (Wildman–Crippen LogP) is 2.02. The van der Waals surface area contributed by atoms with Gasteiger partial charge in [0, 0.05) is 32.1 Å². The second-order valence-electron chi connectivity index (χ2n) is 4.05. The summed E-state index contributed by atoms with van der Waals surface area (Å²) >= 11 is 0. The molecule has 4 heteroatoms. The minimum Gasteiger partial charge on any atom is -0.380 e. The van der Waals surface area contributed by atoms with Crippen molar-refractivity contribution < 1.29 is 4.74 Å². The number of hydrogen-bond acceptors (Lipinski definition) is 3. The van der Waals surface area contributed by atoms with Gasteiger partial charge in [0.25, 0.3) is 0 Å². The van der Waals surface area contributed by atoms with E-state index in [1.54, 1.807) is 0 Å². The van der Waals surface area contributed by atoms with Crippen LogP contribution in [-0.4, -0.2) is 24.7 Å². The summed E-state index contributed by atoms with van der Waals surface area (Å²) in [5.74, 6) is 0.866. The molecule has 0 saturated heterocycles. The molecule has 1 fully saturated rings. The van der Waals surface area contributed by atoms with Crippen molar-refractivity contribution in [3.05, 3.63) is 30.1 Å². The van der Waals surface area contributed by atoms with Gasteiger partial charge in [-0.3, -0.25) is 4.98 Å². The van der Waals surface area contributed by atoms with Crippen molar-refractivity contribution in [2.24, 2.45) is 5.92 Å². The number of nitrogens with one attached hydrogen (secondary N) is 1. The van der Waals surface area contributed by atoms with E-state index >= 15 is 0 Å². The molecule has 3 nitrogen and oxygen atoms in total. The topological polar surface area (TPSA) is 34.1 Å². The van der Waals surface area contributed by atoms with Crippen LogP contribution >= 0.6 is 12.4 Å². The quantitative estimate of drug-likeness (QED) is 0.743. The zero-order valence-corrected chi connectivity index (χ0v) is 10.2. The number of hydrogen-bond donors (Lipinski definition) is 1. The van der Waals surface area contributed by atoms with Crippen LogP contribution in [0, 0.1) is 5.92 Å². The first-order valence-corrected chi connectivity index (χ1v) is 5.62. The molecule has 1 heterocycles. The van der Waals surface area contributed by atoms with Crippen molar-refractivity contribution >= 4 is 12.4 Å². The summed E-state index contributed by atoms with van der Waals surface area (Å²) in [7, 11) is 0. The fourth-order valence-electron chi connectivity index (χ4n) is 1.41. The molecular weight excluding hydrogens is 224 g/mol. The van der Waals surface area contributed by atoms with Crippen LogP contribution in [0.2, 0.25) is 0 Å². The van der Waals surface area contributed by atoms with Gasteiger partial charge in [0.2, 0.25) is 0 Å². The molecule has 16 heavy (non-hydrogen) atoms. The Hall–Kier alpha value is -0.640. The van der Waals surface area contributed by atoms with Crippen molar-refractivity contribution in [3.63, 3.8) is 0 Å². The average Bonchev–Trinajstić information content (AvgIpc) is 3.09. The van der Waals surface area contributed by atoms with Gasteiger partial charge in [-0.2, -0.15) is 0 Å². The Labute approximate surface area is 103 Å². The van der Waals surface area contributed by atoms with Gasteiger partial charge in [0.05, 0.1) is 6.61 Å². The second kappa shape index (κ2) is 7.60. The highest BCUT2D eigenvalue weighted by Crippen LogP contribution is 2.28. The molecule has 0 aromatic carbocycles. The van der Waals surface area contributed by atoms with Crippen molar-refractivity contribution in [2.45, 2.75) is 19.4 Å². The largest absolute Gasteiger partial charge is 0.380 e. The minimum atomic E-state index is 0. The van der Waals surface area contributed by atoms with E-state index < -0.39 is 0 Å². The lowest BCUT2D eigenvalue weighted by atomic mass is 10.3. The van der Waals surface area contributed by atoms with E-state index in [1.807, 2.05) is 24.5 Å². The third kappa shape index (κ3) is 5.45. The van der Waals surface area contributed by atoms with Gasteiger partial charge >= 0.3 is 0 Å². The Bertz CT molecular complexity index is 278. The van der Waals surface area contributed by atoms with Gasteiger partial charge in [0.15, 0.2) is 0 Å². The van der Waals surface area contributed by atoms with Crippen molar-refractivity contribution in [1.82, 2.24) is 10.3 Å². The summed E-state index contributed by atoms with van der Waals surface area (Å²) in [5.41, 5.74) is 1.27. The SMILES string of the molecule is Cl.c1cc(CNCCOCC2CC2)ccn1. The summed E-state index contributed by atoms with van der Waals surface area (Å²) in [6, 6.07) is 4.05. The van der Waals surface area contributed by atoms with Crippen LogP contribution in [0.25, 0.3) is 0 Å². The smallest absolute Gasteiger partial charge is 0.0591 e. The fourth-order valence-corrected chi connectivity index (χ4v) is 1.41. The number of nitrogens with zero attached hydrogens (tertiary/aromatic N) is 1. The zero-order valence-electron chi connectivity index (χ0n) is 9.39. The number of rotatable bonds is 7. The Morgan fingerprint density at radius 2 is 2.06 bits per heavy atom. The van der Waals surface area contributed by atoms with Crippen LogP contribution in [0.4, 0.5) is 0 Å². The Morgan fingerprint density at radius 3 is 2.75 bits per heavy atom. The van der Waals surface area contributed by atoms with Gasteiger partial charge in [-0.25, -0.2) is 0 Å². The number of aromatic nitrogens is 1. The van der Waals surface area contributed by atoms with Gasteiger partial charge in [-0.15, -0.1) is 12.4 Å². The number of ether oxygens (including phenoxy) is 1. The number of pyridine rings is 1. The van der Waals surface area contributed by atoms with E-state index in [4.69, 9.17) is 4.74 Å². The highest BCUT2D eigenvalue weighted by atomic mass is 35.5. The van der Waals surface area contributed by atoms with Crippen LogP contribution in [0.3, 0.4) is 0 Å². The molecule has 1 aliphatic carbocycles. The molecule has 0 unspecified atom stereocenters. The first-order chi connectivity index (χ1) is 7.45. The summed E-state index contributed by atoms with van der Waals surface area (Å²) < 4.78 is 5.52. The highest BCUT2D eigenvalue weighted by molar-refractivity contribution is 5.85. The van der Waals surface area contributed by atoms with E-state index in [0.29, 0.717) is 0 Å². The van der Waals surface area contributed by atoms with E-state index in [0.717, 1.165) is 32.2 Å². The Morgan fingerprint density at radius 1 is 1.31 bits per heavy atom. The molecule has 1 N–H and O–H groups in total.